The molecule has 0 unspecified atom stereocenters. The number of nitrogens with one attached hydrogen (secondary N) is 1. The number of anilines is 1. The molecule has 1 heterocycles. The van der Waals surface area contributed by atoms with E-state index in [9.17, 15) is 9.59 Å². The molecule has 7 heteroatoms. The van der Waals surface area contributed by atoms with Gasteiger partial charge in [0.2, 0.25) is 0 Å². The molecule has 3 aromatic carbocycles. The van der Waals surface area contributed by atoms with Crippen molar-refractivity contribution in [1.82, 2.24) is 5.16 Å². The summed E-state index contributed by atoms with van der Waals surface area (Å²) in [5, 5.41) is 6.82. The van der Waals surface area contributed by atoms with Gasteiger partial charge >= 0.3 is 12.1 Å². The van der Waals surface area contributed by atoms with E-state index in [0.29, 0.717) is 23.6 Å². The molecule has 1 aromatic heterocycles. The van der Waals surface area contributed by atoms with Crippen LogP contribution in [0.3, 0.4) is 0 Å². The Kier molecular flexibility index (Phi) is 7.50. The lowest BCUT2D eigenvalue weighted by molar-refractivity contribution is -0.150. The first-order valence-electron chi connectivity index (χ1n) is 13.2. The molecule has 0 saturated heterocycles. The number of aromatic nitrogens is 1. The topological polar surface area (TPSA) is 90.7 Å². The van der Waals surface area contributed by atoms with Crippen LogP contribution in [0.5, 0.6) is 0 Å². The SMILES string of the molecule is Cc1noc(-c2ccc(-c3ccc(C4(C(=O)OC(C)C)CC4)cc3)cc2)c1NC(=O)OCCc1ccccc1. The molecule has 39 heavy (non-hydrogen) atoms. The van der Waals surface area contributed by atoms with Crippen LogP contribution in [-0.2, 0) is 26.1 Å². The number of nitrogens with zero attached hydrogens (tertiary/aromatic N) is 1. The molecule has 0 atom stereocenters. The fourth-order valence-corrected chi connectivity index (χ4v) is 4.62. The van der Waals surface area contributed by atoms with Crippen molar-refractivity contribution in [2.24, 2.45) is 0 Å². The summed E-state index contributed by atoms with van der Waals surface area (Å²) in [4.78, 5) is 25.0. The molecule has 7 nitrogen and oxygen atoms in total. The van der Waals surface area contributed by atoms with Crippen molar-refractivity contribution in [3.05, 3.63) is 95.7 Å². The summed E-state index contributed by atoms with van der Waals surface area (Å²) in [6.07, 6.45) is 1.60. The Labute approximate surface area is 228 Å². The van der Waals surface area contributed by atoms with Gasteiger partial charge in [0.05, 0.1) is 18.1 Å². The van der Waals surface area contributed by atoms with Crippen molar-refractivity contribution >= 4 is 17.7 Å². The molecule has 1 N–H and O–H groups in total. The van der Waals surface area contributed by atoms with Gasteiger partial charge in [-0.3, -0.25) is 10.1 Å². The maximum atomic E-state index is 12.6. The minimum atomic E-state index is -0.555. The van der Waals surface area contributed by atoms with Gasteiger partial charge in [-0.25, -0.2) is 4.79 Å². The Morgan fingerprint density at radius 2 is 1.54 bits per heavy atom. The predicted octanol–water partition coefficient (Wildman–Crippen LogP) is 7.09. The van der Waals surface area contributed by atoms with Crippen LogP contribution in [0.25, 0.3) is 22.5 Å². The molecule has 1 fully saturated rings. The molecular formula is C32H32N2O5. The Balaban J connectivity index is 1.24. The number of esters is 1. The molecule has 0 radical (unpaired) electrons. The molecule has 0 spiro atoms. The summed E-state index contributed by atoms with van der Waals surface area (Å²) in [5.74, 6) is 0.329. The van der Waals surface area contributed by atoms with Gasteiger partial charge in [-0.1, -0.05) is 84.0 Å². The van der Waals surface area contributed by atoms with Crippen LogP contribution in [0.2, 0.25) is 0 Å². The van der Waals surface area contributed by atoms with Crippen molar-refractivity contribution in [3.63, 3.8) is 0 Å². The number of hydrogen-bond donors (Lipinski definition) is 1. The highest BCUT2D eigenvalue weighted by Gasteiger charge is 2.53. The lowest BCUT2D eigenvalue weighted by Crippen LogP contribution is -2.25. The van der Waals surface area contributed by atoms with E-state index in [1.165, 1.54) is 0 Å². The Morgan fingerprint density at radius 3 is 2.15 bits per heavy atom. The third kappa shape index (κ3) is 5.87. The second-order valence-electron chi connectivity index (χ2n) is 10.2. The summed E-state index contributed by atoms with van der Waals surface area (Å²) in [7, 11) is 0. The van der Waals surface area contributed by atoms with Crippen LogP contribution < -0.4 is 5.32 Å². The molecule has 1 amide bonds. The standard InChI is InChI=1S/C32H32N2O5/c1-21(2)38-30(35)32(18-19-32)27-15-13-25(14-16-27)24-9-11-26(12-10-24)29-28(22(3)34-39-29)33-31(36)37-20-17-23-7-5-4-6-8-23/h4-16,21H,17-20H2,1-3H3,(H,33,36). The fourth-order valence-electron chi connectivity index (χ4n) is 4.62. The van der Waals surface area contributed by atoms with Crippen molar-refractivity contribution in [2.45, 2.75) is 51.6 Å². The summed E-state index contributed by atoms with van der Waals surface area (Å²) in [6, 6.07) is 25.8. The van der Waals surface area contributed by atoms with Crippen LogP contribution in [-0.4, -0.2) is 29.9 Å². The van der Waals surface area contributed by atoms with Crippen LogP contribution in [0.4, 0.5) is 10.5 Å². The summed E-state index contributed by atoms with van der Waals surface area (Å²) < 4.78 is 16.4. The zero-order chi connectivity index (χ0) is 27.4. The molecule has 4 aromatic rings. The Morgan fingerprint density at radius 1 is 0.923 bits per heavy atom. The van der Waals surface area contributed by atoms with E-state index in [1.807, 2.05) is 92.7 Å². The van der Waals surface area contributed by atoms with Crippen molar-refractivity contribution in [1.29, 1.82) is 0 Å². The molecular weight excluding hydrogens is 492 g/mol. The molecule has 5 rings (SSSR count). The number of rotatable bonds is 9. The lowest BCUT2D eigenvalue weighted by atomic mass is 9.93. The maximum absolute atomic E-state index is 12.6. The fraction of sp³-hybridized carbons (Fsp3) is 0.281. The van der Waals surface area contributed by atoms with Crippen molar-refractivity contribution in [2.75, 3.05) is 11.9 Å². The number of benzene rings is 3. The highest BCUT2D eigenvalue weighted by molar-refractivity contribution is 5.91. The largest absolute Gasteiger partial charge is 0.462 e. The lowest BCUT2D eigenvalue weighted by Gasteiger charge is -2.17. The van der Waals surface area contributed by atoms with E-state index >= 15 is 0 Å². The number of hydrogen-bond acceptors (Lipinski definition) is 6. The smallest absolute Gasteiger partial charge is 0.411 e. The highest BCUT2D eigenvalue weighted by Crippen LogP contribution is 2.49. The van der Waals surface area contributed by atoms with Gasteiger partial charge in [-0.15, -0.1) is 0 Å². The zero-order valence-electron chi connectivity index (χ0n) is 22.4. The highest BCUT2D eigenvalue weighted by atomic mass is 16.6. The van der Waals surface area contributed by atoms with E-state index in [1.54, 1.807) is 6.92 Å². The number of ether oxygens (including phenoxy) is 2. The van der Waals surface area contributed by atoms with Crippen LogP contribution >= 0.6 is 0 Å². The first-order chi connectivity index (χ1) is 18.9. The number of amides is 1. The molecule has 200 valence electrons. The van der Waals surface area contributed by atoms with Gasteiger partial charge < -0.3 is 14.0 Å². The second kappa shape index (κ2) is 11.2. The van der Waals surface area contributed by atoms with E-state index in [2.05, 4.69) is 10.5 Å². The van der Waals surface area contributed by atoms with E-state index in [4.69, 9.17) is 14.0 Å². The quantitative estimate of drug-likeness (QED) is 0.235. The Hall–Kier alpha value is -4.39. The first-order valence-corrected chi connectivity index (χ1v) is 13.2. The Bertz CT molecular complexity index is 1440. The zero-order valence-corrected chi connectivity index (χ0v) is 22.4. The molecule has 0 bridgehead atoms. The molecule has 1 aliphatic carbocycles. The maximum Gasteiger partial charge on any atom is 0.411 e. The summed E-state index contributed by atoms with van der Waals surface area (Å²) in [6.45, 7) is 5.78. The van der Waals surface area contributed by atoms with E-state index in [-0.39, 0.29) is 18.7 Å². The van der Waals surface area contributed by atoms with Crippen LogP contribution in [0.15, 0.2) is 83.4 Å². The van der Waals surface area contributed by atoms with Crippen molar-refractivity contribution in [3.8, 4) is 22.5 Å². The number of carbonyl (C=O) groups is 2. The van der Waals surface area contributed by atoms with Crippen molar-refractivity contribution < 1.29 is 23.6 Å². The monoisotopic (exact) mass is 524 g/mol. The summed E-state index contributed by atoms with van der Waals surface area (Å²) >= 11 is 0. The van der Waals surface area contributed by atoms with Gasteiger partial charge in [-0.05, 0) is 55.9 Å². The summed E-state index contributed by atoms with van der Waals surface area (Å²) in [5.41, 5.74) is 5.49. The number of aryl methyl sites for hydroxylation is 1. The van der Waals surface area contributed by atoms with Gasteiger partial charge in [0.1, 0.15) is 11.4 Å². The number of carbonyl (C=O) groups excluding carboxylic acids is 2. The first kappa shape index (κ1) is 26.2. The predicted molar refractivity (Wildman–Crippen MR) is 149 cm³/mol. The van der Waals surface area contributed by atoms with E-state index < -0.39 is 11.5 Å². The van der Waals surface area contributed by atoms with Gasteiger partial charge in [0, 0.05) is 12.0 Å². The normalized spacial score (nSPS) is 13.6. The van der Waals surface area contributed by atoms with Gasteiger partial charge in [0.15, 0.2) is 5.76 Å². The van der Waals surface area contributed by atoms with Crippen LogP contribution in [0, 0.1) is 6.92 Å². The third-order valence-corrected chi connectivity index (χ3v) is 6.96. The minimum Gasteiger partial charge on any atom is -0.462 e. The average molecular weight is 525 g/mol. The van der Waals surface area contributed by atoms with E-state index in [0.717, 1.165) is 40.7 Å². The van der Waals surface area contributed by atoms with Gasteiger partial charge in [-0.2, -0.15) is 0 Å². The van der Waals surface area contributed by atoms with Crippen LogP contribution in [0.1, 0.15) is 43.5 Å². The minimum absolute atomic E-state index is 0.123. The van der Waals surface area contributed by atoms with Gasteiger partial charge in [0.25, 0.3) is 0 Å². The molecule has 0 aliphatic heterocycles. The average Bonchev–Trinajstić information content (AvgIpc) is 3.68. The second-order valence-corrected chi connectivity index (χ2v) is 10.2. The molecule has 1 saturated carbocycles. The molecule has 1 aliphatic rings. The third-order valence-electron chi connectivity index (χ3n) is 6.96.